The number of carbonyl (C=O) groups is 1. The third-order valence-electron chi connectivity index (χ3n) is 5.08. The zero-order chi connectivity index (χ0) is 20.1. The van der Waals surface area contributed by atoms with Crippen LogP contribution in [0.3, 0.4) is 0 Å². The molecular formula is C19H23N5O4. The summed E-state index contributed by atoms with van der Waals surface area (Å²) in [6.07, 6.45) is 5.45. The van der Waals surface area contributed by atoms with Gasteiger partial charge in [0.1, 0.15) is 0 Å². The van der Waals surface area contributed by atoms with Gasteiger partial charge in [-0.25, -0.2) is 0 Å². The highest BCUT2D eigenvalue weighted by atomic mass is 16.6. The fraction of sp³-hybridized carbons (Fsp3) is 0.474. The van der Waals surface area contributed by atoms with Crippen LogP contribution >= 0.6 is 0 Å². The molecule has 1 heterocycles. The van der Waals surface area contributed by atoms with Gasteiger partial charge in [-0.2, -0.15) is 0 Å². The van der Waals surface area contributed by atoms with Gasteiger partial charge in [-0.3, -0.25) is 19.7 Å². The maximum absolute atomic E-state index is 12.5. The van der Waals surface area contributed by atoms with Gasteiger partial charge in [-0.1, -0.05) is 31.9 Å². The van der Waals surface area contributed by atoms with Crippen LogP contribution in [0, 0.1) is 16.0 Å². The van der Waals surface area contributed by atoms with Crippen LogP contribution in [-0.2, 0) is 4.79 Å². The van der Waals surface area contributed by atoms with E-state index in [1.807, 2.05) is 6.92 Å². The van der Waals surface area contributed by atoms with Crippen molar-refractivity contribution in [3.05, 3.63) is 50.4 Å². The number of aromatic nitrogens is 3. The molecule has 1 aromatic heterocycles. The number of hydrogen-bond acceptors (Lipinski definition) is 6. The molecule has 1 aliphatic carbocycles. The molecule has 9 heteroatoms. The molecule has 2 N–H and O–H groups in total. The standard InChI is InChI=1S/C19H23N5O4/c1-2-15(20-16(25)10-12-6-3-4-7-12)17-19(26)21-18(23-22-17)13-8-5-9-14(11-13)24(27)28/h5,8-9,11-12,15H,2-4,6-7,10H2,1H3,(H,20,25)(H,21,23,26). The largest absolute Gasteiger partial charge is 0.347 e. The van der Waals surface area contributed by atoms with E-state index in [9.17, 15) is 19.7 Å². The molecule has 0 saturated heterocycles. The van der Waals surface area contributed by atoms with Crippen molar-refractivity contribution in [1.82, 2.24) is 20.5 Å². The number of non-ortho nitro benzene ring substituents is 1. The van der Waals surface area contributed by atoms with Crippen LogP contribution in [-0.4, -0.2) is 26.0 Å². The topological polar surface area (TPSA) is 131 Å². The van der Waals surface area contributed by atoms with Crippen molar-refractivity contribution in [3.8, 4) is 11.4 Å². The third-order valence-corrected chi connectivity index (χ3v) is 5.08. The second kappa shape index (κ2) is 8.73. The van der Waals surface area contributed by atoms with Crippen molar-refractivity contribution < 1.29 is 9.72 Å². The molecular weight excluding hydrogens is 362 g/mol. The molecule has 1 atom stereocenters. The van der Waals surface area contributed by atoms with Crippen LogP contribution in [0.25, 0.3) is 11.4 Å². The van der Waals surface area contributed by atoms with Gasteiger partial charge < -0.3 is 10.3 Å². The molecule has 1 unspecified atom stereocenters. The lowest BCUT2D eigenvalue weighted by molar-refractivity contribution is -0.384. The first-order valence-corrected chi connectivity index (χ1v) is 9.49. The number of benzene rings is 1. The SMILES string of the molecule is CCC(NC(=O)CC1CCCC1)c1nnc(-c2cccc([N+](=O)[O-])c2)[nH]c1=O. The molecule has 1 aliphatic rings. The van der Waals surface area contributed by atoms with Gasteiger partial charge in [-0.15, -0.1) is 10.2 Å². The molecule has 148 valence electrons. The van der Waals surface area contributed by atoms with Crippen LogP contribution in [0.1, 0.15) is 57.2 Å². The van der Waals surface area contributed by atoms with Crippen LogP contribution in [0.4, 0.5) is 5.69 Å². The number of rotatable bonds is 7. The van der Waals surface area contributed by atoms with Gasteiger partial charge in [-0.05, 0) is 25.2 Å². The highest BCUT2D eigenvalue weighted by Gasteiger charge is 2.23. The lowest BCUT2D eigenvalue weighted by atomic mass is 10.0. The van der Waals surface area contributed by atoms with Crippen molar-refractivity contribution in [2.24, 2.45) is 5.92 Å². The first-order valence-electron chi connectivity index (χ1n) is 9.49. The first-order chi connectivity index (χ1) is 13.5. The van der Waals surface area contributed by atoms with Crippen LogP contribution in [0.15, 0.2) is 29.1 Å². The second-order valence-electron chi connectivity index (χ2n) is 7.08. The zero-order valence-electron chi connectivity index (χ0n) is 15.7. The maximum atomic E-state index is 12.5. The minimum atomic E-state index is -0.524. The molecule has 0 radical (unpaired) electrons. The maximum Gasteiger partial charge on any atom is 0.275 e. The predicted molar refractivity (Wildman–Crippen MR) is 102 cm³/mol. The molecule has 3 rings (SSSR count). The molecule has 1 amide bonds. The highest BCUT2D eigenvalue weighted by Crippen LogP contribution is 2.27. The number of nitro groups is 1. The van der Waals surface area contributed by atoms with Crippen LogP contribution in [0.5, 0.6) is 0 Å². The fourth-order valence-corrected chi connectivity index (χ4v) is 3.56. The summed E-state index contributed by atoms with van der Waals surface area (Å²) in [5, 5.41) is 21.8. The zero-order valence-corrected chi connectivity index (χ0v) is 15.7. The summed E-state index contributed by atoms with van der Waals surface area (Å²) in [7, 11) is 0. The molecule has 1 saturated carbocycles. The fourth-order valence-electron chi connectivity index (χ4n) is 3.56. The van der Waals surface area contributed by atoms with E-state index < -0.39 is 16.5 Å². The van der Waals surface area contributed by atoms with Crippen LogP contribution < -0.4 is 10.9 Å². The first kappa shape index (κ1) is 19.7. The Morgan fingerprint density at radius 3 is 2.75 bits per heavy atom. The number of nitro benzene ring substituents is 1. The van der Waals surface area contributed by atoms with E-state index in [0.717, 1.165) is 12.8 Å². The molecule has 2 aromatic rings. The van der Waals surface area contributed by atoms with Crippen LogP contribution in [0.2, 0.25) is 0 Å². The Morgan fingerprint density at radius 1 is 1.36 bits per heavy atom. The molecule has 0 aliphatic heterocycles. The van der Waals surface area contributed by atoms with E-state index in [2.05, 4.69) is 20.5 Å². The van der Waals surface area contributed by atoms with Gasteiger partial charge in [0, 0.05) is 24.1 Å². The average Bonchev–Trinajstić information content (AvgIpc) is 3.19. The highest BCUT2D eigenvalue weighted by molar-refractivity contribution is 5.76. The molecule has 0 bridgehead atoms. The monoisotopic (exact) mass is 385 g/mol. The van der Waals surface area contributed by atoms with E-state index in [1.165, 1.54) is 31.0 Å². The van der Waals surface area contributed by atoms with E-state index in [0.29, 0.717) is 24.3 Å². The summed E-state index contributed by atoms with van der Waals surface area (Å²) in [5.74, 6) is 0.477. The Morgan fingerprint density at radius 2 is 2.11 bits per heavy atom. The van der Waals surface area contributed by atoms with Crippen molar-refractivity contribution in [3.63, 3.8) is 0 Å². The van der Waals surface area contributed by atoms with Gasteiger partial charge >= 0.3 is 0 Å². The van der Waals surface area contributed by atoms with Gasteiger partial charge in [0.05, 0.1) is 11.0 Å². The number of nitrogens with zero attached hydrogens (tertiary/aromatic N) is 3. The lowest BCUT2D eigenvalue weighted by Gasteiger charge is -2.17. The summed E-state index contributed by atoms with van der Waals surface area (Å²) in [4.78, 5) is 37.8. The van der Waals surface area contributed by atoms with Gasteiger partial charge in [0.15, 0.2) is 11.5 Å². The number of nitrogens with one attached hydrogen (secondary N) is 2. The molecule has 1 fully saturated rings. The summed E-state index contributed by atoms with van der Waals surface area (Å²) in [5.41, 5.74) is -0.0421. The summed E-state index contributed by atoms with van der Waals surface area (Å²) >= 11 is 0. The van der Waals surface area contributed by atoms with Gasteiger partial charge in [0.2, 0.25) is 5.91 Å². The number of hydrogen-bond donors (Lipinski definition) is 2. The van der Waals surface area contributed by atoms with Gasteiger partial charge in [0.25, 0.3) is 11.2 Å². The molecule has 9 nitrogen and oxygen atoms in total. The quantitative estimate of drug-likeness (QED) is 0.556. The molecule has 1 aromatic carbocycles. The van der Waals surface area contributed by atoms with E-state index in [-0.39, 0.29) is 23.1 Å². The predicted octanol–water partition coefficient (Wildman–Crippen LogP) is 2.89. The molecule has 28 heavy (non-hydrogen) atoms. The van der Waals surface area contributed by atoms with Crippen molar-refractivity contribution in [1.29, 1.82) is 0 Å². The Kier molecular flexibility index (Phi) is 6.13. The van der Waals surface area contributed by atoms with Crippen molar-refractivity contribution >= 4 is 11.6 Å². The summed E-state index contributed by atoms with van der Waals surface area (Å²) in [6.45, 7) is 1.86. The number of aromatic amines is 1. The van der Waals surface area contributed by atoms with Crippen molar-refractivity contribution in [2.45, 2.75) is 51.5 Å². The number of H-pyrrole nitrogens is 1. The van der Waals surface area contributed by atoms with E-state index in [1.54, 1.807) is 6.07 Å². The summed E-state index contributed by atoms with van der Waals surface area (Å²) in [6, 6.07) is 5.27. The number of carbonyl (C=O) groups excluding carboxylic acids is 1. The molecule has 0 spiro atoms. The lowest BCUT2D eigenvalue weighted by Crippen LogP contribution is -2.34. The minimum absolute atomic E-state index is 0.0808. The third kappa shape index (κ3) is 4.59. The Labute approximate surface area is 161 Å². The smallest absolute Gasteiger partial charge is 0.275 e. The Balaban J connectivity index is 1.76. The minimum Gasteiger partial charge on any atom is -0.347 e. The average molecular weight is 385 g/mol. The second-order valence-corrected chi connectivity index (χ2v) is 7.08. The number of amides is 1. The Hall–Kier alpha value is -3.10. The summed E-state index contributed by atoms with van der Waals surface area (Å²) < 4.78 is 0. The Bertz CT molecular complexity index is 921. The normalized spacial score (nSPS) is 15.3. The van der Waals surface area contributed by atoms with E-state index in [4.69, 9.17) is 0 Å². The van der Waals surface area contributed by atoms with Crippen molar-refractivity contribution in [2.75, 3.05) is 0 Å². The van der Waals surface area contributed by atoms with E-state index >= 15 is 0 Å².